The summed E-state index contributed by atoms with van der Waals surface area (Å²) in [5.74, 6) is -0.257. The molecule has 0 heterocycles. The largest absolute Gasteiger partial charge is 0.507 e. The third-order valence-electron chi connectivity index (χ3n) is 2.10. The summed E-state index contributed by atoms with van der Waals surface area (Å²) < 4.78 is 0. The maximum atomic E-state index is 10.6. The molecular weight excluding hydrogens is 182 g/mol. The normalized spacial score (nSPS) is 14.9. The number of carbonyl (C=O) groups is 1. The second kappa shape index (κ2) is 3.40. The van der Waals surface area contributed by atoms with E-state index in [1.165, 1.54) is 13.0 Å². The number of benzene rings is 1. The van der Waals surface area contributed by atoms with E-state index in [9.17, 15) is 15.0 Å². The summed E-state index contributed by atoms with van der Waals surface area (Å²) in [5.41, 5.74) is 4.72. The zero-order valence-electron chi connectivity index (χ0n) is 8.11. The number of hydrogen-bond donors (Lipinski definition) is 3. The fraction of sp³-hybridized carbons (Fsp3) is 0.300. The minimum Gasteiger partial charge on any atom is -0.507 e. The Labute approximate surface area is 82.0 Å². The molecule has 0 aromatic heterocycles. The van der Waals surface area contributed by atoms with Crippen LogP contribution >= 0.6 is 0 Å². The quantitative estimate of drug-likeness (QED) is 0.477. The smallest absolute Gasteiger partial charge is 0.154 e. The number of aldehydes is 1. The molecule has 1 aromatic carbocycles. The molecule has 76 valence electrons. The molecule has 4 heteroatoms. The van der Waals surface area contributed by atoms with Gasteiger partial charge in [-0.1, -0.05) is 12.1 Å². The predicted molar refractivity (Wildman–Crippen MR) is 52.0 cm³/mol. The molecule has 0 aliphatic heterocycles. The van der Waals surface area contributed by atoms with E-state index in [2.05, 4.69) is 0 Å². The van der Waals surface area contributed by atoms with Crippen LogP contribution in [0.5, 0.6) is 5.75 Å². The van der Waals surface area contributed by atoms with E-state index in [0.717, 1.165) is 0 Å². The number of nitrogens with two attached hydrogens (primary N) is 1. The lowest BCUT2D eigenvalue weighted by Crippen LogP contribution is -2.32. The Bertz CT molecular complexity index is 366. The van der Waals surface area contributed by atoms with Crippen LogP contribution in [0.4, 0.5) is 0 Å². The van der Waals surface area contributed by atoms with E-state index < -0.39 is 5.72 Å². The number of hydrogen-bond acceptors (Lipinski definition) is 4. The van der Waals surface area contributed by atoms with Crippen LogP contribution in [0.25, 0.3) is 0 Å². The van der Waals surface area contributed by atoms with Gasteiger partial charge in [0.15, 0.2) is 6.29 Å². The summed E-state index contributed by atoms with van der Waals surface area (Å²) in [6.45, 7) is 3.03. The molecule has 1 aromatic rings. The molecule has 0 saturated heterocycles. The Hall–Kier alpha value is -1.39. The lowest BCUT2D eigenvalue weighted by Gasteiger charge is -2.20. The summed E-state index contributed by atoms with van der Waals surface area (Å²) in [6, 6.07) is 3.12. The van der Waals surface area contributed by atoms with Crippen molar-refractivity contribution in [3.63, 3.8) is 0 Å². The van der Waals surface area contributed by atoms with Crippen LogP contribution in [0.2, 0.25) is 0 Å². The topological polar surface area (TPSA) is 83.6 Å². The van der Waals surface area contributed by atoms with Gasteiger partial charge >= 0.3 is 0 Å². The predicted octanol–water partition coefficient (Wildman–Crippen LogP) is 0.637. The number of rotatable bonds is 2. The van der Waals surface area contributed by atoms with Gasteiger partial charge in [0.25, 0.3) is 0 Å². The molecule has 4 nitrogen and oxygen atoms in total. The molecule has 4 N–H and O–H groups in total. The van der Waals surface area contributed by atoms with Crippen LogP contribution in [0, 0.1) is 6.92 Å². The Morgan fingerprint density at radius 3 is 2.50 bits per heavy atom. The Balaban J connectivity index is 3.43. The summed E-state index contributed by atoms with van der Waals surface area (Å²) in [4.78, 5) is 10.6. The maximum Gasteiger partial charge on any atom is 0.154 e. The lowest BCUT2D eigenvalue weighted by atomic mass is 9.98. The average molecular weight is 195 g/mol. The van der Waals surface area contributed by atoms with Crippen molar-refractivity contribution in [3.05, 3.63) is 28.8 Å². The van der Waals surface area contributed by atoms with Gasteiger partial charge in [0.1, 0.15) is 11.5 Å². The van der Waals surface area contributed by atoms with E-state index in [-0.39, 0.29) is 16.9 Å². The van der Waals surface area contributed by atoms with Crippen molar-refractivity contribution in [1.82, 2.24) is 0 Å². The van der Waals surface area contributed by atoms with E-state index in [4.69, 9.17) is 5.73 Å². The second-order valence-corrected chi connectivity index (χ2v) is 3.46. The van der Waals surface area contributed by atoms with E-state index in [1.54, 1.807) is 13.0 Å². The molecule has 0 aliphatic rings. The van der Waals surface area contributed by atoms with Crippen molar-refractivity contribution in [3.8, 4) is 5.75 Å². The van der Waals surface area contributed by atoms with Crippen molar-refractivity contribution < 1.29 is 15.0 Å². The minimum atomic E-state index is -1.64. The van der Waals surface area contributed by atoms with Gasteiger partial charge in [0.2, 0.25) is 0 Å². The molecule has 1 unspecified atom stereocenters. The number of carbonyl (C=O) groups excluding carboxylic acids is 1. The summed E-state index contributed by atoms with van der Waals surface area (Å²) in [6.07, 6.45) is 0.542. The lowest BCUT2D eigenvalue weighted by molar-refractivity contribution is 0.0620. The van der Waals surface area contributed by atoms with Crippen LogP contribution in [-0.4, -0.2) is 16.5 Å². The first-order chi connectivity index (χ1) is 6.38. The van der Waals surface area contributed by atoms with Crippen LogP contribution in [0.1, 0.15) is 28.4 Å². The third kappa shape index (κ3) is 1.76. The monoisotopic (exact) mass is 195 g/mol. The highest BCUT2D eigenvalue weighted by molar-refractivity contribution is 5.82. The summed E-state index contributed by atoms with van der Waals surface area (Å²) >= 11 is 0. The van der Waals surface area contributed by atoms with Gasteiger partial charge in [-0.3, -0.25) is 10.5 Å². The SMILES string of the molecule is Cc1ccc(C(C)(N)O)c(O)c1C=O. The van der Waals surface area contributed by atoms with Crippen molar-refractivity contribution >= 4 is 6.29 Å². The van der Waals surface area contributed by atoms with Crippen molar-refractivity contribution in [2.45, 2.75) is 19.6 Å². The maximum absolute atomic E-state index is 10.6. The van der Waals surface area contributed by atoms with Crippen LogP contribution in [-0.2, 0) is 5.72 Å². The Morgan fingerprint density at radius 1 is 1.50 bits per heavy atom. The number of phenolic OH excluding ortho intramolecular Hbond substituents is 1. The zero-order chi connectivity index (χ0) is 10.9. The minimum absolute atomic E-state index is 0.144. The van der Waals surface area contributed by atoms with Gasteiger partial charge in [-0.15, -0.1) is 0 Å². The molecular formula is C10H13NO3. The fourth-order valence-electron chi connectivity index (χ4n) is 1.27. The standard InChI is InChI=1S/C10H13NO3/c1-6-3-4-8(10(2,11)14)9(13)7(6)5-12/h3-5,13-14H,11H2,1-2H3. The van der Waals surface area contributed by atoms with Gasteiger partial charge in [0, 0.05) is 5.56 Å². The average Bonchev–Trinajstić information content (AvgIpc) is 2.02. The third-order valence-corrected chi connectivity index (χ3v) is 2.10. The van der Waals surface area contributed by atoms with Gasteiger partial charge in [-0.25, -0.2) is 0 Å². The van der Waals surface area contributed by atoms with Gasteiger partial charge in [0.05, 0.1) is 5.56 Å². The first-order valence-corrected chi connectivity index (χ1v) is 4.17. The van der Waals surface area contributed by atoms with Crippen molar-refractivity contribution in [2.75, 3.05) is 0 Å². The number of aromatic hydroxyl groups is 1. The molecule has 0 radical (unpaired) electrons. The molecule has 1 atom stereocenters. The van der Waals surface area contributed by atoms with Gasteiger partial charge in [-0.05, 0) is 19.4 Å². The van der Waals surface area contributed by atoms with E-state index in [1.807, 2.05) is 0 Å². The molecule has 1 rings (SSSR count). The summed E-state index contributed by atoms with van der Waals surface area (Å²) in [5, 5.41) is 19.1. The highest BCUT2D eigenvalue weighted by Gasteiger charge is 2.23. The molecule has 14 heavy (non-hydrogen) atoms. The van der Waals surface area contributed by atoms with E-state index in [0.29, 0.717) is 11.8 Å². The second-order valence-electron chi connectivity index (χ2n) is 3.46. The Kier molecular flexibility index (Phi) is 2.59. The van der Waals surface area contributed by atoms with Crippen LogP contribution < -0.4 is 5.73 Å². The highest BCUT2D eigenvalue weighted by Crippen LogP contribution is 2.29. The number of aryl methyl sites for hydroxylation is 1. The molecule has 0 spiro atoms. The van der Waals surface area contributed by atoms with E-state index >= 15 is 0 Å². The molecule has 0 fully saturated rings. The first-order valence-electron chi connectivity index (χ1n) is 4.17. The highest BCUT2D eigenvalue weighted by atomic mass is 16.3. The molecule has 0 aliphatic carbocycles. The summed E-state index contributed by atoms with van der Waals surface area (Å²) in [7, 11) is 0. The molecule has 0 saturated carbocycles. The van der Waals surface area contributed by atoms with Gasteiger partial charge in [-0.2, -0.15) is 0 Å². The van der Waals surface area contributed by atoms with Crippen molar-refractivity contribution in [1.29, 1.82) is 0 Å². The fourth-order valence-corrected chi connectivity index (χ4v) is 1.27. The zero-order valence-corrected chi connectivity index (χ0v) is 8.11. The number of aliphatic hydroxyl groups is 1. The Morgan fingerprint density at radius 2 is 2.07 bits per heavy atom. The molecule has 0 amide bonds. The van der Waals surface area contributed by atoms with Crippen LogP contribution in [0.3, 0.4) is 0 Å². The van der Waals surface area contributed by atoms with Gasteiger partial charge < -0.3 is 10.2 Å². The molecule has 0 bridgehead atoms. The van der Waals surface area contributed by atoms with Crippen molar-refractivity contribution in [2.24, 2.45) is 5.73 Å². The van der Waals surface area contributed by atoms with Crippen LogP contribution in [0.15, 0.2) is 12.1 Å². The number of phenols is 1. The first kappa shape index (κ1) is 10.7.